The zero-order chi connectivity index (χ0) is 19.6. The highest BCUT2D eigenvalue weighted by Crippen LogP contribution is 2.38. The van der Waals surface area contributed by atoms with Crippen LogP contribution < -0.4 is 9.47 Å². The predicted octanol–water partition coefficient (Wildman–Crippen LogP) is 3.80. The van der Waals surface area contributed by atoms with Crippen molar-refractivity contribution >= 4 is 17.6 Å². The number of hydrogen-bond donors (Lipinski definition) is 1. The van der Waals surface area contributed by atoms with E-state index in [9.17, 15) is 14.3 Å². The number of carboxylic acid groups (broad SMARTS) is 1. The third kappa shape index (κ3) is 4.17. The normalized spacial score (nSPS) is 19.9. The minimum atomic E-state index is -0.887. The van der Waals surface area contributed by atoms with Gasteiger partial charge in [-0.3, -0.25) is 9.69 Å². The van der Waals surface area contributed by atoms with Crippen molar-refractivity contribution in [3.05, 3.63) is 58.4 Å². The van der Waals surface area contributed by atoms with Crippen molar-refractivity contribution in [2.24, 2.45) is 5.92 Å². The Bertz CT molecular complexity index is 845. The summed E-state index contributed by atoms with van der Waals surface area (Å²) < 4.78 is 24.4. The predicted molar refractivity (Wildman–Crippen MR) is 100 cm³/mol. The number of methoxy groups -OCH3 is 2. The Morgan fingerprint density at radius 3 is 2.67 bits per heavy atom. The van der Waals surface area contributed by atoms with Gasteiger partial charge in [0.25, 0.3) is 0 Å². The summed E-state index contributed by atoms with van der Waals surface area (Å²) in [6.45, 7) is 1.31. The number of aliphatic carboxylic acids is 1. The Kier molecular flexibility index (Phi) is 5.87. The third-order valence-corrected chi connectivity index (χ3v) is 5.12. The van der Waals surface area contributed by atoms with Gasteiger partial charge >= 0.3 is 5.97 Å². The van der Waals surface area contributed by atoms with Crippen LogP contribution in [0.1, 0.15) is 17.0 Å². The number of hydrogen-bond acceptors (Lipinski definition) is 4. The zero-order valence-electron chi connectivity index (χ0n) is 15.1. The van der Waals surface area contributed by atoms with E-state index in [2.05, 4.69) is 0 Å². The fraction of sp³-hybridized carbons (Fsp3) is 0.350. The van der Waals surface area contributed by atoms with E-state index >= 15 is 0 Å². The number of rotatable bonds is 6. The Morgan fingerprint density at radius 2 is 2.04 bits per heavy atom. The molecule has 2 aromatic carbocycles. The highest BCUT2D eigenvalue weighted by molar-refractivity contribution is 6.30. The maximum Gasteiger partial charge on any atom is 0.308 e. The second-order valence-corrected chi connectivity index (χ2v) is 7.04. The lowest BCUT2D eigenvalue weighted by atomic mass is 9.89. The van der Waals surface area contributed by atoms with Crippen molar-refractivity contribution < 1.29 is 23.8 Å². The molecule has 0 aromatic heterocycles. The fourth-order valence-corrected chi connectivity index (χ4v) is 3.93. The molecule has 1 saturated heterocycles. The maximum absolute atomic E-state index is 13.6. The van der Waals surface area contributed by atoms with E-state index in [1.54, 1.807) is 31.4 Å². The monoisotopic (exact) mass is 393 g/mol. The highest BCUT2D eigenvalue weighted by Gasteiger charge is 2.39. The van der Waals surface area contributed by atoms with E-state index in [-0.39, 0.29) is 11.7 Å². The van der Waals surface area contributed by atoms with E-state index < -0.39 is 11.9 Å². The number of ether oxygens (including phenoxy) is 2. The molecule has 3 rings (SSSR count). The summed E-state index contributed by atoms with van der Waals surface area (Å²) in [5.41, 5.74) is 1.51. The quantitative estimate of drug-likeness (QED) is 0.809. The third-order valence-electron chi connectivity index (χ3n) is 4.90. The number of halogens is 2. The summed E-state index contributed by atoms with van der Waals surface area (Å²) in [5, 5.41) is 10.2. The van der Waals surface area contributed by atoms with Gasteiger partial charge in [-0.25, -0.2) is 4.39 Å². The van der Waals surface area contributed by atoms with Crippen molar-refractivity contribution in [1.29, 1.82) is 0 Å². The lowest BCUT2D eigenvalue weighted by Crippen LogP contribution is -2.23. The van der Waals surface area contributed by atoms with Crippen LogP contribution in [0.3, 0.4) is 0 Å². The van der Waals surface area contributed by atoms with Crippen LogP contribution in [0.4, 0.5) is 4.39 Å². The van der Waals surface area contributed by atoms with Gasteiger partial charge in [-0.15, -0.1) is 0 Å². The Hall–Kier alpha value is -2.31. The SMILES string of the molecule is COc1cc(Cl)cc(CN2C[C@@H](C(=O)O)[C@H](c3cccc(F)c3)C2)c1OC. The second kappa shape index (κ2) is 8.15. The van der Waals surface area contributed by atoms with Crippen molar-refractivity contribution in [3.8, 4) is 11.5 Å². The van der Waals surface area contributed by atoms with E-state index in [4.69, 9.17) is 21.1 Å². The molecule has 1 fully saturated rings. The van der Waals surface area contributed by atoms with Gasteiger partial charge in [0.2, 0.25) is 0 Å². The lowest BCUT2D eigenvalue weighted by molar-refractivity contribution is -0.141. The molecule has 0 saturated carbocycles. The Morgan fingerprint density at radius 1 is 1.26 bits per heavy atom. The van der Waals surface area contributed by atoms with E-state index in [0.29, 0.717) is 41.7 Å². The molecule has 0 bridgehead atoms. The van der Waals surface area contributed by atoms with Gasteiger partial charge in [-0.1, -0.05) is 23.7 Å². The molecule has 0 amide bonds. The molecule has 2 atom stereocenters. The van der Waals surface area contributed by atoms with Crippen molar-refractivity contribution in [2.45, 2.75) is 12.5 Å². The van der Waals surface area contributed by atoms with Gasteiger partial charge in [0.05, 0.1) is 20.1 Å². The first-order valence-electron chi connectivity index (χ1n) is 8.54. The summed E-state index contributed by atoms with van der Waals surface area (Å²) in [5.74, 6) is -1.05. The standard InChI is InChI=1S/C20H21ClFNO4/c1-26-18-8-14(21)6-13(19(18)27-2)9-23-10-16(17(11-23)20(24)25)12-4-3-5-15(22)7-12/h3-8,16-17H,9-11H2,1-2H3,(H,24,25)/t16-,17+/m0/s1. The average molecular weight is 394 g/mol. The molecule has 7 heteroatoms. The molecule has 0 aliphatic carbocycles. The molecule has 0 spiro atoms. The van der Waals surface area contributed by atoms with E-state index in [0.717, 1.165) is 5.56 Å². The molecule has 5 nitrogen and oxygen atoms in total. The fourth-order valence-electron chi connectivity index (χ4n) is 3.70. The van der Waals surface area contributed by atoms with Gasteiger partial charge in [-0.05, 0) is 23.8 Å². The van der Waals surface area contributed by atoms with Crippen LogP contribution >= 0.6 is 11.6 Å². The topological polar surface area (TPSA) is 59.0 Å². The number of benzene rings is 2. The summed E-state index contributed by atoms with van der Waals surface area (Å²) in [6.07, 6.45) is 0. The Labute approximate surface area is 162 Å². The smallest absolute Gasteiger partial charge is 0.308 e. The molecule has 0 unspecified atom stereocenters. The number of carboxylic acids is 1. The minimum absolute atomic E-state index is 0.287. The molecule has 1 aliphatic heterocycles. The first kappa shape index (κ1) is 19.5. The molecule has 1 aliphatic rings. The second-order valence-electron chi connectivity index (χ2n) is 6.60. The van der Waals surface area contributed by atoms with Gasteiger partial charge in [0, 0.05) is 42.2 Å². The summed E-state index contributed by atoms with van der Waals surface area (Å²) in [7, 11) is 3.09. The van der Waals surface area contributed by atoms with E-state index in [1.807, 2.05) is 4.90 Å². The van der Waals surface area contributed by atoms with E-state index in [1.165, 1.54) is 19.2 Å². The van der Waals surface area contributed by atoms with Crippen molar-refractivity contribution in [2.75, 3.05) is 27.3 Å². The van der Waals surface area contributed by atoms with Crippen LogP contribution in [0.25, 0.3) is 0 Å². The van der Waals surface area contributed by atoms with Crippen LogP contribution in [0.15, 0.2) is 36.4 Å². The van der Waals surface area contributed by atoms with Crippen LogP contribution in [-0.2, 0) is 11.3 Å². The van der Waals surface area contributed by atoms with Gasteiger partial charge < -0.3 is 14.6 Å². The maximum atomic E-state index is 13.6. The largest absolute Gasteiger partial charge is 0.493 e. The number of nitrogens with zero attached hydrogens (tertiary/aromatic N) is 1. The average Bonchev–Trinajstić information content (AvgIpc) is 3.05. The summed E-state index contributed by atoms with van der Waals surface area (Å²) in [4.78, 5) is 13.8. The van der Waals surface area contributed by atoms with Crippen LogP contribution in [0.2, 0.25) is 5.02 Å². The van der Waals surface area contributed by atoms with Gasteiger partial charge in [0.15, 0.2) is 11.5 Å². The van der Waals surface area contributed by atoms with Crippen molar-refractivity contribution in [1.82, 2.24) is 4.90 Å². The number of likely N-dealkylation sites (tertiary alicyclic amines) is 1. The molecular formula is C20H21ClFNO4. The molecule has 1 N–H and O–H groups in total. The molecular weight excluding hydrogens is 373 g/mol. The molecule has 0 radical (unpaired) electrons. The number of carbonyl (C=O) groups is 1. The first-order valence-corrected chi connectivity index (χ1v) is 8.91. The van der Waals surface area contributed by atoms with Crippen LogP contribution in [0, 0.1) is 11.7 Å². The Balaban J connectivity index is 1.87. The van der Waals surface area contributed by atoms with Crippen molar-refractivity contribution in [3.63, 3.8) is 0 Å². The molecule has 1 heterocycles. The summed E-state index contributed by atoms with van der Waals surface area (Å²) in [6, 6.07) is 9.60. The molecule has 2 aromatic rings. The highest BCUT2D eigenvalue weighted by atomic mass is 35.5. The summed E-state index contributed by atoms with van der Waals surface area (Å²) >= 11 is 6.17. The lowest BCUT2D eigenvalue weighted by Gasteiger charge is -2.19. The first-order chi connectivity index (χ1) is 12.9. The van der Waals surface area contributed by atoms with Crippen LogP contribution in [-0.4, -0.2) is 43.3 Å². The minimum Gasteiger partial charge on any atom is -0.493 e. The van der Waals surface area contributed by atoms with Gasteiger partial charge in [0.1, 0.15) is 5.82 Å². The molecule has 27 heavy (non-hydrogen) atoms. The van der Waals surface area contributed by atoms with Gasteiger partial charge in [-0.2, -0.15) is 0 Å². The molecule has 144 valence electrons. The zero-order valence-corrected chi connectivity index (χ0v) is 15.9. The van der Waals surface area contributed by atoms with Crippen LogP contribution in [0.5, 0.6) is 11.5 Å².